The first kappa shape index (κ1) is 15.0. The second-order valence-electron chi connectivity index (χ2n) is 5.87. The van der Waals surface area contributed by atoms with Gasteiger partial charge in [-0.25, -0.2) is 0 Å². The van der Waals surface area contributed by atoms with Crippen LogP contribution in [0.3, 0.4) is 0 Å². The van der Waals surface area contributed by atoms with Crippen molar-refractivity contribution in [3.8, 4) is 0 Å². The number of likely N-dealkylation sites (N-methyl/N-ethyl adjacent to an activating group) is 1. The highest BCUT2D eigenvalue weighted by Crippen LogP contribution is 2.37. The lowest BCUT2D eigenvalue weighted by Gasteiger charge is -2.30. The smallest absolute Gasteiger partial charge is 0.223 e. The molecule has 1 saturated carbocycles. The van der Waals surface area contributed by atoms with Crippen LogP contribution in [-0.2, 0) is 4.79 Å². The maximum Gasteiger partial charge on any atom is 0.223 e. The predicted octanol–water partition coefficient (Wildman–Crippen LogP) is 2.70. The fraction of sp³-hybridized carbons (Fsp3) is 0.588. The lowest BCUT2D eigenvalue weighted by atomic mass is 9.92. The van der Waals surface area contributed by atoms with Gasteiger partial charge in [-0.05, 0) is 32.4 Å². The molecule has 1 fully saturated rings. The van der Waals surface area contributed by atoms with Gasteiger partial charge in [0.2, 0.25) is 5.91 Å². The average molecular weight is 274 g/mol. The van der Waals surface area contributed by atoms with Crippen LogP contribution in [0.1, 0.15) is 42.7 Å². The Morgan fingerprint density at radius 3 is 2.65 bits per heavy atom. The normalized spacial score (nSPS) is 21.9. The number of amides is 1. The van der Waals surface area contributed by atoms with Gasteiger partial charge in [0, 0.05) is 32.0 Å². The molecule has 0 aliphatic heterocycles. The third-order valence-corrected chi connectivity index (χ3v) is 4.46. The SMILES string of the molecule is CNCCC(=O)N(C)C1CCCC1c1ccc(C)cc1. The molecule has 0 spiro atoms. The van der Waals surface area contributed by atoms with Gasteiger partial charge < -0.3 is 10.2 Å². The van der Waals surface area contributed by atoms with Crippen molar-refractivity contribution >= 4 is 5.91 Å². The van der Waals surface area contributed by atoms with E-state index >= 15 is 0 Å². The monoisotopic (exact) mass is 274 g/mol. The summed E-state index contributed by atoms with van der Waals surface area (Å²) in [4.78, 5) is 14.2. The van der Waals surface area contributed by atoms with Crippen molar-refractivity contribution in [2.45, 2.75) is 44.6 Å². The Balaban J connectivity index is 2.06. The molecule has 2 atom stereocenters. The fourth-order valence-corrected chi connectivity index (χ4v) is 3.20. The molecular weight excluding hydrogens is 248 g/mol. The molecule has 20 heavy (non-hydrogen) atoms. The van der Waals surface area contributed by atoms with Gasteiger partial charge in [-0.15, -0.1) is 0 Å². The summed E-state index contributed by atoms with van der Waals surface area (Å²) in [5.74, 6) is 0.752. The summed E-state index contributed by atoms with van der Waals surface area (Å²) in [6.07, 6.45) is 4.12. The van der Waals surface area contributed by atoms with E-state index in [-0.39, 0.29) is 5.91 Å². The van der Waals surface area contributed by atoms with E-state index in [0.717, 1.165) is 13.0 Å². The Bertz CT molecular complexity index is 441. The third kappa shape index (κ3) is 3.40. The van der Waals surface area contributed by atoms with Crippen molar-refractivity contribution in [2.24, 2.45) is 0 Å². The molecule has 2 rings (SSSR count). The molecule has 0 bridgehead atoms. The Labute approximate surface area is 122 Å². The van der Waals surface area contributed by atoms with Crippen molar-refractivity contribution in [3.63, 3.8) is 0 Å². The van der Waals surface area contributed by atoms with Crippen LogP contribution in [0.5, 0.6) is 0 Å². The number of carbonyl (C=O) groups excluding carboxylic acids is 1. The predicted molar refractivity (Wildman–Crippen MR) is 82.9 cm³/mol. The van der Waals surface area contributed by atoms with E-state index in [1.165, 1.54) is 24.0 Å². The molecule has 3 nitrogen and oxygen atoms in total. The summed E-state index contributed by atoms with van der Waals surface area (Å²) >= 11 is 0. The minimum atomic E-state index is 0.253. The zero-order chi connectivity index (χ0) is 14.5. The second kappa shape index (κ2) is 6.89. The minimum absolute atomic E-state index is 0.253. The van der Waals surface area contributed by atoms with Crippen LogP contribution >= 0.6 is 0 Å². The molecule has 1 aromatic carbocycles. The Morgan fingerprint density at radius 2 is 2.00 bits per heavy atom. The molecule has 0 heterocycles. The molecule has 1 N–H and O–H groups in total. The molecule has 2 unspecified atom stereocenters. The molecule has 3 heteroatoms. The molecule has 110 valence electrons. The van der Waals surface area contributed by atoms with Gasteiger partial charge in [0.25, 0.3) is 0 Å². The van der Waals surface area contributed by atoms with Crippen LogP contribution in [0.2, 0.25) is 0 Å². The highest BCUT2D eigenvalue weighted by molar-refractivity contribution is 5.76. The fourth-order valence-electron chi connectivity index (χ4n) is 3.20. The summed E-state index contributed by atoms with van der Waals surface area (Å²) in [5, 5.41) is 3.05. The minimum Gasteiger partial charge on any atom is -0.342 e. The number of carbonyl (C=O) groups is 1. The average Bonchev–Trinajstić information content (AvgIpc) is 2.94. The highest BCUT2D eigenvalue weighted by Gasteiger charge is 2.33. The number of nitrogens with one attached hydrogen (secondary N) is 1. The standard InChI is InChI=1S/C17H26N2O/c1-13-7-9-14(10-8-13)15-5-4-6-16(15)19(3)17(20)11-12-18-2/h7-10,15-16,18H,4-6,11-12H2,1-3H3. The first-order valence-corrected chi connectivity index (χ1v) is 7.60. The molecule has 1 amide bonds. The molecule has 1 aliphatic carbocycles. The molecule has 0 aromatic heterocycles. The Kier molecular flexibility index (Phi) is 5.18. The van der Waals surface area contributed by atoms with Crippen LogP contribution < -0.4 is 5.32 Å². The number of hydrogen-bond acceptors (Lipinski definition) is 2. The number of aryl methyl sites for hydroxylation is 1. The molecule has 1 aliphatic rings. The van der Waals surface area contributed by atoms with Gasteiger partial charge in [0.15, 0.2) is 0 Å². The van der Waals surface area contributed by atoms with Crippen molar-refractivity contribution in [2.75, 3.05) is 20.6 Å². The number of rotatable bonds is 5. The van der Waals surface area contributed by atoms with Gasteiger partial charge in [-0.1, -0.05) is 36.2 Å². The van der Waals surface area contributed by atoms with Crippen molar-refractivity contribution in [3.05, 3.63) is 35.4 Å². The molecule has 0 saturated heterocycles. The summed E-state index contributed by atoms with van der Waals surface area (Å²) in [6.45, 7) is 2.87. The third-order valence-electron chi connectivity index (χ3n) is 4.46. The summed E-state index contributed by atoms with van der Waals surface area (Å²) in [7, 11) is 3.85. The topological polar surface area (TPSA) is 32.3 Å². The summed E-state index contributed by atoms with van der Waals surface area (Å²) in [6, 6.07) is 9.16. The van der Waals surface area contributed by atoms with E-state index in [1.54, 1.807) is 0 Å². The van der Waals surface area contributed by atoms with Crippen LogP contribution in [0.25, 0.3) is 0 Å². The van der Waals surface area contributed by atoms with Gasteiger partial charge in [0.05, 0.1) is 0 Å². The van der Waals surface area contributed by atoms with E-state index in [4.69, 9.17) is 0 Å². The first-order chi connectivity index (χ1) is 9.63. The molecule has 1 aromatic rings. The van der Waals surface area contributed by atoms with E-state index in [9.17, 15) is 4.79 Å². The van der Waals surface area contributed by atoms with Crippen molar-refractivity contribution in [1.82, 2.24) is 10.2 Å². The Morgan fingerprint density at radius 1 is 1.30 bits per heavy atom. The van der Waals surface area contributed by atoms with Gasteiger partial charge in [0.1, 0.15) is 0 Å². The number of hydrogen-bond donors (Lipinski definition) is 1. The number of nitrogens with zero attached hydrogens (tertiary/aromatic N) is 1. The summed E-state index contributed by atoms with van der Waals surface area (Å²) in [5.41, 5.74) is 2.67. The van der Waals surface area contributed by atoms with Crippen molar-refractivity contribution in [1.29, 1.82) is 0 Å². The number of benzene rings is 1. The van der Waals surface area contributed by atoms with Crippen LogP contribution in [-0.4, -0.2) is 37.5 Å². The maximum atomic E-state index is 12.2. The quantitative estimate of drug-likeness (QED) is 0.895. The van der Waals surface area contributed by atoms with Gasteiger partial charge in [-0.2, -0.15) is 0 Å². The van der Waals surface area contributed by atoms with Crippen LogP contribution in [0.15, 0.2) is 24.3 Å². The highest BCUT2D eigenvalue weighted by atomic mass is 16.2. The zero-order valence-corrected chi connectivity index (χ0v) is 12.9. The zero-order valence-electron chi connectivity index (χ0n) is 12.9. The maximum absolute atomic E-state index is 12.2. The largest absolute Gasteiger partial charge is 0.342 e. The van der Waals surface area contributed by atoms with Crippen molar-refractivity contribution < 1.29 is 4.79 Å². The lowest BCUT2D eigenvalue weighted by molar-refractivity contribution is -0.132. The lowest BCUT2D eigenvalue weighted by Crippen LogP contribution is -2.39. The van der Waals surface area contributed by atoms with E-state index in [2.05, 4.69) is 36.5 Å². The Hall–Kier alpha value is -1.35. The van der Waals surface area contributed by atoms with Gasteiger partial charge >= 0.3 is 0 Å². The van der Waals surface area contributed by atoms with Crippen LogP contribution in [0, 0.1) is 6.92 Å². The molecule has 0 radical (unpaired) electrons. The van der Waals surface area contributed by atoms with E-state index in [0.29, 0.717) is 18.4 Å². The van der Waals surface area contributed by atoms with E-state index < -0.39 is 0 Å². The second-order valence-corrected chi connectivity index (χ2v) is 5.87. The van der Waals surface area contributed by atoms with Crippen LogP contribution in [0.4, 0.5) is 0 Å². The first-order valence-electron chi connectivity index (χ1n) is 7.60. The summed E-state index contributed by atoms with van der Waals surface area (Å²) < 4.78 is 0. The van der Waals surface area contributed by atoms with E-state index in [1.807, 2.05) is 19.0 Å². The van der Waals surface area contributed by atoms with Gasteiger partial charge in [-0.3, -0.25) is 4.79 Å². The molecular formula is C17H26N2O.